The zero-order valence-electron chi connectivity index (χ0n) is 23.6. The molecule has 1 unspecified atom stereocenters. The molecule has 0 saturated carbocycles. The van der Waals surface area contributed by atoms with E-state index in [1.807, 2.05) is 86.6 Å². The number of carbonyl (C=O) groups excluding carboxylic acids is 1. The number of para-hydroxylation sites is 2. The Bertz CT molecular complexity index is 1260. The minimum absolute atomic E-state index is 0.00907. The van der Waals surface area contributed by atoms with Gasteiger partial charge in [-0.15, -0.1) is 0 Å². The maximum atomic E-state index is 13.6. The average Bonchev–Trinajstić information content (AvgIpc) is 3.01. The molecule has 0 bridgehead atoms. The van der Waals surface area contributed by atoms with Crippen LogP contribution in [0.1, 0.15) is 30.5 Å². The fraction of sp³-hybridized carbons (Fsp3) is 0.265. The van der Waals surface area contributed by atoms with Crippen molar-refractivity contribution in [2.24, 2.45) is 0 Å². The van der Waals surface area contributed by atoms with Gasteiger partial charge in [0.25, 0.3) is 0 Å². The Morgan fingerprint density at radius 3 is 1.62 bits per heavy atom. The number of aliphatic hydroxyl groups is 1. The van der Waals surface area contributed by atoms with Crippen LogP contribution in [0.25, 0.3) is 0 Å². The molecule has 6 heteroatoms. The van der Waals surface area contributed by atoms with E-state index in [4.69, 9.17) is 9.47 Å². The molecule has 2 N–H and O–H groups in total. The second-order valence-corrected chi connectivity index (χ2v) is 10.2. The maximum absolute atomic E-state index is 13.6. The average molecular weight is 539 g/mol. The van der Waals surface area contributed by atoms with E-state index in [-0.39, 0.29) is 19.1 Å². The predicted octanol–water partition coefficient (Wildman–Crippen LogP) is 5.25. The van der Waals surface area contributed by atoms with Gasteiger partial charge in [0.05, 0.1) is 18.2 Å². The molecular weight excluding hydrogens is 500 g/mol. The van der Waals surface area contributed by atoms with Crippen molar-refractivity contribution in [3.63, 3.8) is 0 Å². The largest absolute Gasteiger partial charge is 0.493 e. The molecule has 0 radical (unpaired) electrons. The molecule has 0 spiro atoms. The SMILES string of the molecule is CNC(=O)C(C)(C)N(CC(O)COc1ccccc1OC)C(c1ccccc1)(c1ccccc1)c1ccccc1. The maximum Gasteiger partial charge on any atom is 0.239 e. The minimum Gasteiger partial charge on any atom is -0.493 e. The summed E-state index contributed by atoms with van der Waals surface area (Å²) in [6.07, 6.45) is -0.940. The van der Waals surface area contributed by atoms with Gasteiger partial charge in [-0.1, -0.05) is 103 Å². The number of hydrogen-bond donors (Lipinski definition) is 2. The smallest absolute Gasteiger partial charge is 0.239 e. The number of methoxy groups -OCH3 is 1. The molecule has 208 valence electrons. The number of nitrogens with zero attached hydrogens (tertiary/aromatic N) is 1. The second kappa shape index (κ2) is 12.8. The second-order valence-electron chi connectivity index (χ2n) is 10.2. The number of nitrogens with one attached hydrogen (secondary N) is 1. The van der Waals surface area contributed by atoms with Crippen molar-refractivity contribution in [2.75, 3.05) is 27.3 Å². The van der Waals surface area contributed by atoms with Gasteiger partial charge in [-0.3, -0.25) is 9.69 Å². The van der Waals surface area contributed by atoms with Crippen LogP contribution in [-0.4, -0.2) is 54.9 Å². The fourth-order valence-corrected chi connectivity index (χ4v) is 5.41. The Balaban J connectivity index is 1.90. The summed E-state index contributed by atoms with van der Waals surface area (Å²) in [4.78, 5) is 15.7. The standard InChI is InChI=1S/C34H38N2O4/c1-33(2,32(38)35-3)36(24-29(37)25-40-31-23-15-14-22-30(31)39-4)34(26-16-8-5-9-17-26,27-18-10-6-11-19-27)28-20-12-7-13-21-28/h5-23,29,37H,24-25H2,1-4H3,(H,35,38). The van der Waals surface area contributed by atoms with Crippen molar-refractivity contribution in [1.82, 2.24) is 10.2 Å². The quantitative estimate of drug-likeness (QED) is 0.241. The number of amides is 1. The van der Waals surface area contributed by atoms with E-state index >= 15 is 0 Å². The van der Waals surface area contributed by atoms with Crippen LogP contribution >= 0.6 is 0 Å². The fourth-order valence-electron chi connectivity index (χ4n) is 5.41. The Kier molecular flexibility index (Phi) is 9.25. The highest BCUT2D eigenvalue weighted by atomic mass is 16.5. The Morgan fingerprint density at radius 2 is 1.20 bits per heavy atom. The molecule has 0 saturated heterocycles. The van der Waals surface area contributed by atoms with Crippen LogP contribution in [0.5, 0.6) is 11.5 Å². The van der Waals surface area contributed by atoms with Crippen LogP contribution in [0.4, 0.5) is 0 Å². The molecule has 40 heavy (non-hydrogen) atoms. The molecule has 4 aromatic rings. The first-order chi connectivity index (χ1) is 19.3. The molecule has 0 aromatic heterocycles. The Labute approximate surface area is 237 Å². The lowest BCUT2D eigenvalue weighted by atomic mass is 9.73. The summed E-state index contributed by atoms with van der Waals surface area (Å²) in [5, 5.41) is 14.4. The first-order valence-corrected chi connectivity index (χ1v) is 13.5. The lowest BCUT2D eigenvalue weighted by molar-refractivity contribution is -0.136. The van der Waals surface area contributed by atoms with E-state index in [1.54, 1.807) is 20.2 Å². The van der Waals surface area contributed by atoms with Crippen molar-refractivity contribution in [3.8, 4) is 11.5 Å². The molecule has 1 atom stereocenters. The van der Waals surface area contributed by atoms with Crippen LogP contribution in [0, 0.1) is 0 Å². The molecule has 1 amide bonds. The van der Waals surface area contributed by atoms with Gasteiger partial charge in [-0.05, 0) is 42.7 Å². The number of likely N-dealkylation sites (N-methyl/N-ethyl adjacent to an activating group) is 1. The number of ether oxygens (including phenoxy) is 2. The first kappa shape index (κ1) is 28.9. The minimum atomic E-state index is -1.05. The topological polar surface area (TPSA) is 71.0 Å². The summed E-state index contributed by atoms with van der Waals surface area (Å²) in [5.41, 5.74) is 0.944. The van der Waals surface area contributed by atoms with Gasteiger partial charge in [0.2, 0.25) is 5.91 Å². The van der Waals surface area contributed by atoms with Crippen LogP contribution in [0.15, 0.2) is 115 Å². The van der Waals surface area contributed by atoms with Crippen molar-refractivity contribution in [2.45, 2.75) is 31.0 Å². The van der Waals surface area contributed by atoms with E-state index in [1.165, 1.54) is 0 Å². The number of aliphatic hydroxyl groups excluding tert-OH is 1. The lowest BCUT2D eigenvalue weighted by Crippen LogP contribution is -2.64. The van der Waals surface area contributed by atoms with Gasteiger partial charge in [0, 0.05) is 13.6 Å². The monoisotopic (exact) mass is 538 g/mol. The van der Waals surface area contributed by atoms with E-state index < -0.39 is 17.2 Å². The van der Waals surface area contributed by atoms with Crippen molar-refractivity contribution in [3.05, 3.63) is 132 Å². The highest BCUT2D eigenvalue weighted by Gasteiger charge is 2.51. The highest BCUT2D eigenvalue weighted by Crippen LogP contribution is 2.46. The van der Waals surface area contributed by atoms with Gasteiger partial charge in [-0.25, -0.2) is 0 Å². The number of rotatable bonds is 12. The third kappa shape index (κ3) is 5.74. The van der Waals surface area contributed by atoms with Crippen molar-refractivity contribution < 1.29 is 19.4 Å². The van der Waals surface area contributed by atoms with E-state index in [0.29, 0.717) is 11.5 Å². The normalized spacial score (nSPS) is 12.6. The molecule has 0 fully saturated rings. The summed E-state index contributed by atoms with van der Waals surface area (Å²) in [7, 11) is 3.22. The Hall–Kier alpha value is -4.13. The van der Waals surface area contributed by atoms with E-state index in [9.17, 15) is 9.90 Å². The zero-order valence-corrected chi connectivity index (χ0v) is 23.6. The van der Waals surface area contributed by atoms with Gasteiger partial charge < -0.3 is 19.9 Å². The molecule has 0 aliphatic rings. The third-order valence-corrected chi connectivity index (χ3v) is 7.33. The molecule has 4 aromatic carbocycles. The summed E-state index contributed by atoms with van der Waals surface area (Å²) in [6, 6.07) is 37.7. The van der Waals surface area contributed by atoms with E-state index in [2.05, 4.69) is 46.6 Å². The molecule has 0 aliphatic carbocycles. The summed E-state index contributed by atoms with van der Waals surface area (Å²) in [5.74, 6) is 0.962. The van der Waals surface area contributed by atoms with Crippen molar-refractivity contribution in [1.29, 1.82) is 0 Å². The molecule has 0 heterocycles. The number of benzene rings is 4. The van der Waals surface area contributed by atoms with Crippen LogP contribution in [0.2, 0.25) is 0 Å². The van der Waals surface area contributed by atoms with Gasteiger partial charge in [-0.2, -0.15) is 0 Å². The zero-order chi connectivity index (χ0) is 28.6. The summed E-state index contributed by atoms with van der Waals surface area (Å²) >= 11 is 0. The van der Waals surface area contributed by atoms with Crippen LogP contribution < -0.4 is 14.8 Å². The number of carbonyl (C=O) groups is 1. The lowest BCUT2D eigenvalue weighted by Gasteiger charge is -2.52. The predicted molar refractivity (Wildman–Crippen MR) is 159 cm³/mol. The van der Waals surface area contributed by atoms with Gasteiger partial charge in [0.15, 0.2) is 11.5 Å². The number of β-amino-alcohol motifs (C(OH)–C–C–N with tert-alkyl or cyclic N) is 1. The van der Waals surface area contributed by atoms with Crippen LogP contribution in [-0.2, 0) is 10.3 Å². The Morgan fingerprint density at radius 1 is 0.775 bits per heavy atom. The van der Waals surface area contributed by atoms with Gasteiger partial charge in [0.1, 0.15) is 12.7 Å². The molecular formula is C34H38N2O4. The molecule has 0 aliphatic heterocycles. The third-order valence-electron chi connectivity index (χ3n) is 7.33. The summed E-state index contributed by atoms with van der Waals surface area (Å²) in [6.45, 7) is 3.93. The summed E-state index contributed by atoms with van der Waals surface area (Å²) < 4.78 is 11.4. The first-order valence-electron chi connectivity index (χ1n) is 13.5. The molecule has 4 rings (SSSR count). The number of hydrogen-bond acceptors (Lipinski definition) is 5. The van der Waals surface area contributed by atoms with Gasteiger partial charge >= 0.3 is 0 Å². The van der Waals surface area contributed by atoms with Crippen LogP contribution in [0.3, 0.4) is 0 Å². The molecule has 6 nitrogen and oxygen atoms in total. The highest BCUT2D eigenvalue weighted by molar-refractivity contribution is 5.85. The van der Waals surface area contributed by atoms with E-state index in [0.717, 1.165) is 16.7 Å². The van der Waals surface area contributed by atoms with Crippen molar-refractivity contribution >= 4 is 5.91 Å².